The van der Waals surface area contributed by atoms with Gasteiger partial charge in [0.2, 0.25) is 0 Å². The van der Waals surface area contributed by atoms with Crippen LogP contribution < -0.4 is 0 Å². The van der Waals surface area contributed by atoms with Crippen LogP contribution in [0, 0.1) is 0 Å². The van der Waals surface area contributed by atoms with Crippen molar-refractivity contribution in [2.75, 3.05) is 0 Å². The van der Waals surface area contributed by atoms with Crippen molar-refractivity contribution in [2.45, 2.75) is 24.4 Å². The Morgan fingerprint density at radius 2 is 1.90 bits per heavy atom. The Morgan fingerprint density at radius 1 is 1.24 bits per heavy atom. The summed E-state index contributed by atoms with van der Waals surface area (Å²) in [5.74, 6) is 0. The molecule has 1 aliphatic rings. The fraction of sp³-hybridized carbons (Fsp3) is 0.400. The van der Waals surface area contributed by atoms with Crippen molar-refractivity contribution in [1.82, 2.24) is 14.8 Å². The molecule has 0 amide bonds. The molecule has 0 radical (unpaired) electrons. The molecule has 21 heavy (non-hydrogen) atoms. The number of nitrogens with zero attached hydrogens (tertiary/aromatic N) is 3. The van der Waals surface area contributed by atoms with Gasteiger partial charge in [0, 0.05) is 15.4 Å². The minimum absolute atomic E-state index is 0.258. The maximum atomic E-state index is 13.3. The van der Waals surface area contributed by atoms with Crippen molar-refractivity contribution in [2.24, 2.45) is 0 Å². The van der Waals surface area contributed by atoms with Gasteiger partial charge in [0.1, 0.15) is 12.7 Å². The highest BCUT2D eigenvalue weighted by atomic mass is 79.9. The molecule has 1 atom stereocenters. The van der Waals surface area contributed by atoms with Gasteiger partial charge in [-0.25, -0.2) is 9.67 Å². The van der Waals surface area contributed by atoms with Crippen LogP contribution in [0.2, 0.25) is 0 Å². The van der Waals surface area contributed by atoms with Gasteiger partial charge in [-0.3, -0.25) is 4.74 Å². The Labute approximate surface area is 131 Å². The summed E-state index contributed by atoms with van der Waals surface area (Å²) in [5.41, 5.74) is -2.16. The predicted octanol–water partition coefficient (Wildman–Crippen LogP) is 4.06. The molecular formula is C10H6Br2F5N3O. The van der Waals surface area contributed by atoms with Crippen molar-refractivity contribution in [3.63, 3.8) is 0 Å². The molecule has 11 heteroatoms. The predicted molar refractivity (Wildman–Crippen MR) is 68.7 cm³/mol. The summed E-state index contributed by atoms with van der Waals surface area (Å²) >= 11 is 6.11. The molecule has 0 saturated heterocycles. The highest BCUT2D eigenvalue weighted by Crippen LogP contribution is 2.46. The van der Waals surface area contributed by atoms with E-state index < -0.39 is 18.0 Å². The SMILES string of the molecule is FC(F)(F)C(F)(F)OC1(n2cncn2)C=C(Br)C=C(Br)C1. The van der Waals surface area contributed by atoms with E-state index in [0.29, 0.717) is 4.48 Å². The van der Waals surface area contributed by atoms with E-state index in [-0.39, 0.29) is 10.9 Å². The molecule has 2 rings (SSSR count). The third-order valence-corrected chi connectivity index (χ3v) is 3.49. The first-order valence-electron chi connectivity index (χ1n) is 5.30. The molecule has 116 valence electrons. The zero-order chi connectivity index (χ0) is 15.9. The van der Waals surface area contributed by atoms with Gasteiger partial charge in [0.05, 0.1) is 0 Å². The van der Waals surface area contributed by atoms with Crippen molar-refractivity contribution in [3.05, 3.63) is 33.8 Å². The Morgan fingerprint density at radius 3 is 2.38 bits per heavy atom. The molecule has 0 fully saturated rings. The Balaban J connectivity index is 2.48. The summed E-state index contributed by atoms with van der Waals surface area (Å²) in [4.78, 5) is 3.55. The quantitative estimate of drug-likeness (QED) is 0.668. The van der Waals surface area contributed by atoms with E-state index in [1.807, 2.05) is 0 Å². The number of hydrogen-bond acceptors (Lipinski definition) is 3. The smallest absolute Gasteiger partial charge is 0.280 e. The van der Waals surface area contributed by atoms with Gasteiger partial charge in [-0.15, -0.1) is 0 Å². The number of hydrogen-bond donors (Lipinski definition) is 0. The molecule has 1 aromatic heterocycles. The van der Waals surface area contributed by atoms with Gasteiger partial charge in [-0.2, -0.15) is 27.1 Å². The van der Waals surface area contributed by atoms with Crippen LogP contribution in [-0.2, 0) is 10.5 Å². The second-order valence-corrected chi connectivity index (χ2v) is 6.03. The third kappa shape index (κ3) is 3.34. The maximum Gasteiger partial charge on any atom is 0.483 e. The van der Waals surface area contributed by atoms with Crippen LogP contribution in [0.15, 0.2) is 33.8 Å². The molecular weight excluding hydrogens is 433 g/mol. The van der Waals surface area contributed by atoms with Gasteiger partial charge in [-0.05, 0) is 12.2 Å². The van der Waals surface area contributed by atoms with Crippen LogP contribution in [0.5, 0.6) is 0 Å². The number of halogens is 7. The Kier molecular flexibility index (Phi) is 4.28. The summed E-state index contributed by atoms with van der Waals surface area (Å²) in [5, 5.41) is 3.61. The van der Waals surface area contributed by atoms with Crippen LogP contribution in [0.25, 0.3) is 0 Å². The lowest BCUT2D eigenvalue weighted by molar-refractivity contribution is -0.424. The summed E-state index contributed by atoms with van der Waals surface area (Å²) in [7, 11) is 0. The van der Waals surface area contributed by atoms with Crippen LogP contribution in [0.1, 0.15) is 6.42 Å². The van der Waals surface area contributed by atoms with Gasteiger partial charge >= 0.3 is 12.3 Å². The zero-order valence-corrected chi connectivity index (χ0v) is 13.1. The monoisotopic (exact) mass is 437 g/mol. The Hall–Kier alpha value is -0.810. The molecule has 0 spiro atoms. The average molecular weight is 439 g/mol. The van der Waals surface area contributed by atoms with E-state index in [4.69, 9.17) is 0 Å². The lowest BCUT2D eigenvalue weighted by Crippen LogP contribution is -2.49. The lowest BCUT2D eigenvalue weighted by atomic mass is 10.0. The van der Waals surface area contributed by atoms with Gasteiger partial charge in [0.15, 0.2) is 5.72 Å². The first kappa shape index (κ1) is 16.6. The fourth-order valence-corrected chi connectivity index (χ4v) is 3.28. The number of aromatic nitrogens is 3. The number of rotatable bonds is 3. The first-order valence-corrected chi connectivity index (χ1v) is 6.89. The maximum absolute atomic E-state index is 13.3. The van der Waals surface area contributed by atoms with E-state index in [1.165, 1.54) is 6.08 Å². The fourth-order valence-electron chi connectivity index (χ4n) is 1.69. The average Bonchev–Trinajstić information content (AvgIpc) is 2.78. The third-order valence-electron chi connectivity index (χ3n) is 2.52. The first-order chi connectivity index (χ1) is 9.56. The largest absolute Gasteiger partial charge is 0.483 e. The van der Waals surface area contributed by atoms with Crippen molar-refractivity contribution >= 4 is 31.9 Å². The number of ether oxygens (including phenoxy) is 1. The van der Waals surface area contributed by atoms with Crippen LogP contribution in [0.4, 0.5) is 22.0 Å². The highest BCUT2D eigenvalue weighted by Gasteiger charge is 2.63. The van der Waals surface area contributed by atoms with Gasteiger partial charge < -0.3 is 0 Å². The number of alkyl halides is 5. The van der Waals surface area contributed by atoms with Crippen molar-refractivity contribution in [3.8, 4) is 0 Å². The second kappa shape index (κ2) is 5.43. The molecule has 0 aliphatic heterocycles. The van der Waals surface area contributed by atoms with E-state index in [2.05, 4.69) is 46.7 Å². The number of allylic oxidation sites excluding steroid dienone is 2. The highest BCUT2D eigenvalue weighted by molar-refractivity contribution is 9.12. The van der Waals surface area contributed by atoms with Crippen LogP contribution in [0.3, 0.4) is 0 Å². The van der Waals surface area contributed by atoms with Crippen molar-refractivity contribution < 1.29 is 26.7 Å². The summed E-state index contributed by atoms with van der Waals surface area (Å²) in [6.45, 7) is 0. The van der Waals surface area contributed by atoms with Crippen LogP contribution >= 0.6 is 31.9 Å². The minimum atomic E-state index is -5.85. The summed E-state index contributed by atoms with van der Waals surface area (Å²) in [6.07, 6.45) is -6.95. The molecule has 0 bridgehead atoms. The Bertz CT molecular complexity index is 584. The minimum Gasteiger partial charge on any atom is -0.280 e. The molecule has 0 saturated carbocycles. The van der Waals surface area contributed by atoms with E-state index in [0.717, 1.165) is 23.4 Å². The molecule has 1 heterocycles. The van der Waals surface area contributed by atoms with Gasteiger partial charge in [0.25, 0.3) is 0 Å². The molecule has 1 aliphatic carbocycles. The summed E-state index contributed by atoms with van der Waals surface area (Å²) < 4.78 is 69.4. The second-order valence-electron chi connectivity index (χ2n) is 4.10. The van der Waals surface area contributed by atoms with E-state index in [9.17, 15) is 22.0 Å². The molecule has 4 nitrogen and oxygen atoms in total. The molecule has 0 N–H and O–H groups in total. The van der Waals surface area contributed by atoms with E-state index in [1.54, 1.807) is 0 Å². The summed E-state index contributed by atoms with van der Waals surface area (Å²) in [6, 6.07) is 0. The normalized spacial score (nSPS) is 23.8. The molecule has 1 unspecified atom stereocenters. The van der Waals surface area contributed by atoms with Crippen LogP contribution in [-0.4, -0.2) is 27.0 Å². The lowest BCUT2D eigenvalue weighted by Gasteiger charge is -2.36. The standard InChI is InChI=1S/C10H6Br2F5N3O/c11-6-1-7(12)3-8(2-6,20-5-18-4-19-20)21-10(16,17)9(13,14)15/h1-2,4-5H,3H2. The topological polar surface area (TPSA) is 39.9 Å². The zero-order valence-electron chi connectivity index (χ0n) is 9.91. The van der Waals surface area contributed by atoms with Gasteiger partial charge in [-0.1, -0.05) is 31.9 Å². The molecule has 1 aromatic rings. The molecule has 0 aromatic carbocycles. The van der Waals surface area contributed by atoms with Crippen molar-refractivity contribution in [1.29, 1.82) is 0 Å². The van der Waals surface area contributed by atoms with E-state index >= 15 is 0 Å².